The van der Waals surface area contributed by atoms with E-state index in [0.29, 0.717) is 24.1 Å². The SMILES string of the molecule is N#Cc1cnn2c(-c3cc(NC4CC(CNC(=O)O)C4)c(-c4nnc(N5CCN6CCOCC6C5)s4)cn3)ccc2c1. The number of rotatable bonds is 7. The van der Waals surface area contributed by atoms with Crippen LogP contribution in [0.1, 0.15) is 18.4 Å². The van der Waals surface area contributed by atoms with Crippen LogP contribution < -0.4 is 15.5 Å². The van der Waals surface area contributed by atoms with Crippen LogP contribution in [0.15, 0.2) is 36.7 Å². The molecule has 6 heterocycles. The maximum Gasteiger partial charge on any atom is 0.404 e. The summed E-state index contributed by atoms with van der Waals surface area (Å²) >= 11 is 1.56. The van der Waals surface area contributed by atoms with Crippen LogP contribution >= 0.6 is 11.3 Å². The Balaban J connectivity index is 1.16. The zero-order valence-electron chi connectivity index (χ0n) is 22.8. The molecule has 2 aliphatic heterocycles. The van der Waals surface area contributed by atoms with Crippen molar-refractivity contribution in [1.82, 2.24) is 35.0 Å². The van der Waals surface area contributed by atoms with E-state index < -0.39 is 6.09 Å². The van der Waals surface area contributed by atoms with Gasteiger partial charge in [0, 0.05) is 50.6 Å². The highest BCUT2D eigenvalue weighted by Crippen LogP contribution is 2.38. The average molecular weight is 587 g/mol. The van der Waals surface area contributed by atoms with Crippen LogP contribution in [0.25, 0.3) is 27.5 Å². The Bertz CT molecular complexity index is 1660. The molecule has 0 radical (unpaired) electrons. The van der Waals surface area contributed by atoms with Crippen LogP contribution in [0.4, 0.5) is 15.6 Å². The van der Waals surface area contributed by atoms with Gasteiger partial charge in [0.15, 0.2) is 5.01 Å². The number of ether oxygens (including phenoxy) is 1. The maximum atomic E-state index is 10.9. The molecule has 1 atom stereocenters. The van der Waals surface area contributed by atoms with E-state index in [-0.39, 0.29) is 6.04 Å². The van der Waals surface area contributed by atoms with Gasteiger partial charge in [0.2, 0.25) is 5.13 Å². The summed E-state index contributed by atoms with van der Waals surface area (Å²) in [6.07, 6.45) is 4.11. The van der Waals surface area contributed by atoms with Gasteiger partial charge in [-0.2, -0.15) is 10.4 Å². The lowest BCUT2D eigenvalue weighted by Crippen LogP contribution is -2.58. The van der Waals surface area contributed by atoms with Crippen molar-refractivity contribution in [2.75, 3.05) is 56.2 Å². The molecule has 0 spiro atoms. The van der Waals surface area contributed by atoms with Crippen molar-refractivity contribution in [2.24, 2.45) is 5.92 Å². The molecule has 4 aromatic heterocycles. The van der Waals surface area contributed by atoms with Crippen LogP contribution in [0.3, 0.4) is 0 Å². The van der Waals surface area contributed by atoms with Crippen LogP contribution in [-0.4, -0.2) is 98.9 Å². The summed E-state index contributed by atoms with van der Waals surface area (Å²) in [6, 6.07) is 10.4. The summed E-state index contributed by atoms with van der Waals surface area (Å²) in [5.41, 5.74) is 4.63. The normalized spacial score (nSPS) is 22.3. The Kier molecular flexibility index (Phi) is 7.06. The third-order valence-electron chi connectivity index (χ3n) is 8.29. The van der Waals surface area contributed by atoms with Crippen LogP contribution in [0, 0.1) is 17.2 Å². The maximum absolute atomic E-state index is 10.9. The van der Waals surface area contributed by atoms with Crippen molar-refractivity contribution in [3.63, 3.8) is 0 Å². The van der Waals surface area contributed by atoms with E-state index in [4.69, 9.17) is 14.8 Å². The quantitative estimate of drug-likeness (QED) is 0.293. The van der Waals surface area contributed by atoms with Crippen molar-refractivity contribution in [3.8, 4) is 28.0 Å². The molecular weight excluding hydrogens is 556 g/mol. The molecule has 3 fully saturated rings. The first-order valence-electron chi connectivity index (χ1n) is 14.1. The molecule has 1 unspecified atom stereocenters. The molecule has 1 amide bonds. The lowest BCUT2D eigenvalue weighted by Gasteiger charge is -2.43. The van der Waals surface area contributed by atoms with Crippen LogP contribution in [0.5, 0.6) is 0 Å². The molecule has 1 saturated carbocycles. The molecule has 14 heteroatoms. The topological polar surface area (TPSA) is 157 Å². The Labute approximate surface area is 245 Å². The number of carbonyl (C=O) groups is 1. The van der Waals surface area contributed by atoms with E-state index in [1.807, 2.05) is 24.4 Å². The van der Waals surface area contributed by atoms with Gasteiger partial charge in [-0.25, -0.2) is 9.31 Å². The number of nitriles is 1. The molecule has 0 aromatic carbocycles. The minimum Gasteiger partial charge on any atom is -0.465 e. The zero-order chi connectivity index (χ0) is 28.6. The summed E-state index contributed by atoms with van der Waals surface area (Å²) in [6.45, 7) is 5.73. The smallest absolute Gasteiger partial charge is 0.404 e. The van der Waals surface area contributed by atoms with Gasteiger partial charge in [-0.3, -0.25) is 9.88 Å². The van der Waals surface area contributed by atoms with Gasteiger partial charge in [0.05, 0.1) is 53.5 Å². The second-order valence-electron chi connectivity index (χ2n) is 11.0. The number of anilines is 2. The van der Waals surface area contributed by atoms with Crippen molar-refractivity contribution in [1.29, 1.82) is 5.26 Å². The first kappa shape index (κ1) is 26.6. The van der Waals surface area contributed by atoms with Gasteiger partial charge < -0.3 is 25.4 Å². The summed E-state index contributed by atoms with van der Waals surface area (Å²) in [5.74, 6) is 0.298. The number of carboxylic acid groups (broad SMARTS) is 1. The molecule has 1 aliphatic carbocycles. The number of nitrogens with zero attached hydrogens (tertiary/aromatic N) is 8. The molecule has 7 rings (SSSR count). The monoisotopic (exact) mass is 586 g/mol. The highest BCUT2D eigenvalue weighted by Gasteiger charge is 2.32. The molecule has 13 nitrogen and oxygen atoms in total. The molecule has 3 aliphatic rings. The van der Waals surface area contributed by atoms with Gasteiger partial charge in [-0.15, -0.1) is 10.2 Å². The van der Waals surface area contributed by atoms with E-state index in [1.54, 1.807) is 28.1 Å². The fourth-order valence-electron chi connectivity index (χ4n) is 5.98. The van der Waals surface area contributed by atoms with Crippen molar-refractivity contribution in [2.45, 2.75) is 24.9 Å². The fourth-order valence-corrected chi connectivity index (χ4v) is 6.89. The van der Waals surface area contributed by atoms with Gasteiger partial charge >= 0.3 is 6.09 Å². The molecule has 2 saturated heterocycles. The van der Waals surface area contributed by atoms with E-state index in [0.717, 1.165) is 90.5 Å². The molecule has 0 bridgehead atoms. The zero-order valence-corrected chi connectivity index (χ0v) is 23.6. The molecular formula is C28H30N10O3S. The summed E-state index contributed by atoms with van der Waals surface area (Å²) < 4.78 is 7.49. The number of fused-ring (bicyclic) bond motifs is 2. The van der Waals surface area contributed by atoms with E-state index >= 15 is 0 Å². The van der Waals surface area contributed by atoms with Crippen molar-refractivity contribution < 1.29 is 14.6 Å². The number of nitrogens with one attached hydrogen (secondary N) is 2. The van der Waals surface area contributed by atoms with E-state index in [9.17, 15) is 10.1 Å². The predicted molar refractivity (Wildman–Crippen MR) is 157 cm³/mol. The molecule has 4 aromatic rings. The fraction of sp³-hybridized carbons (Fsp3) is 0.429. The first-order valence-corrected chi connectivity index (χ1v) is 14.9. The van der Waals surface area contributed by atoms with Crippen molar-refractivity contribution in [3.05, 3.63) is 42.2 Å². The highest BCUT2D eigenvalue weighted by atomic mass is 32.1. The van der Waals surface area contributed by atoms with Gasteiger partial charge in [-0.1, -0.05) is 11.3 Å². The van der Waals surface area contributed by atoms with E-state index in [1.165, 1.54) is 0 Å². The second-order valence-corrected chi connectivity index (χ2v) is 11.9. The van der Waals surface area contributed by atoms with Crippen LogP contribution in [0.2, 0.25) is 0 Å². The van der Waals surface area contributed by atoms with Gasteiger partial charge in [0.1, 0.15) is 6.07 Å². The van der Waals surface area contributed by atoms with Crippen molar-refractivity contribution >= 4 is 33.8 Å². The first-order chi connectivity index (χ1) is 20.5. The largest absolute Gasteiger partial charge is 0.465 e. The number of pyridine rings is 1. The Morgan fingerprint density at radius 1 is 1.19 bits per heavy atom. The molecule has 3 N–H and O–H groups in total. The highest BCUT2D eigenvalue weighted by molar-refractivity contribution is 7.18. The number of piperazine rings is 1. The average Bonchev–Trinajstić information content (AvgIpc) is 3.65. The Morgan fingerprint density at radius 3 is 2.95 bits per heavy atom. The number of morpholine rings is 1. The standard InChI is InChI=1S/C28H30N10O3S/c29-11-18-9-20-1-2-25(38(20)32-13-18)24-10-23(33-19-7-17(8-19)12-31-28(39)40)22(14-30-24)26-34-35-27(42-26)37-4-3-36-5-6-41-16-21(36)15-37/h1-2,9-10,13-14,17,19,21,31H,3-8,12,15-16H2,(H,30,33)(H,39,40). The Hall–Kier alpha value is -4.32. The minimum absolute atomic E-state index is 0.201. The molecule has 216 valence electrons. The number of hydrogen-bond donors (Lipinski definition) is 3. The summed E-state index contributed by atoms with van der Waals surface area (Å²) in [5, 5.41) is 39.6. The predicted octanol–water partition coefficient (Wildman–Crippen LogP) is 2.77. The Morgan fingerprint density at radius 2 is 2.10 bits per heavy atom. The summed E-state index contributed by atoms with van der Waals surface area (Å²) in [7, 11) is 0. The molecule has 42 heavy (non-hydrogen) atoms. The number of amides is 1. The number of hydrogen-bond acceptors (Lipinski definition) is 11. The minimum atomic E-state index is -0.994. The van der Waals surface area contributed by atoms with Gasteiger partial charge in [0.25, 0.3) is 0 Å². The second kappa shape index (κ2) is 11.2. The third-order valence-corrected chi connectivity index (χ3v) is 9.30. The lowest BCUT2D eigenvalue weighted by molar-refractivity contribution is -0.0117. The lowest BCUT2D eigenvalue weighted by atomic mass is 9.80. The van der Waals surface area contributed by atoms with Crippen LogP contribution in [-0.2, 0) is 4.74 Å². The summed E-state index contributed by atoms with van der Waals surface area (Å²) in [4.78, 5) is 20.5. The number of aromatic nitrogens is 5. The third kappa shape index (κ3) is 5.22. The van der Waals surface area contributed by atoms with Gasteiger partial charge in [-0.05, 0) is 43.0 Å². The van der Waals surface area contributed by atoms with E-state index in [2.05, 4.69) is 41.8 Å².